The molecule has 0 unspecified atom stereocenters. The van der Waals surface area contributed by atoms with E-state index < -0.39 is 0 Å². The molecule has 1 aromatic heterocycles. The number of rotatable bonds is 10. The summed E-state index contributed by atoms with van der Waals surface area (Å²) in [6.07, 6.45) is 6.71. The molecule has 28 heavy (non-hydrogen) atoms. The number of amides is 1. The Morgan fingerprint density at radius 1 is 0.964 bits per heavy atom. The Morgan fingerprint density at radius 2 is 1.75 bits per heavy atom. The highest BCUT2D eigenvalue weighted by molar-refractivity contribution is 7.21. The van der Waals surface area contributed by atoms with Crippen LogP contribution in [0, 0.1) is 0 Å². The number of anilines is 1. The topological polar surface area (TPSA) is 38.3 Å². The molecule has 4 heteroatoms. The van der Waals surface area contributed by atoms with E-state index in [0.29, 0.717) is 0 Å². The molecule has 1 N–H and O–H groups in total. The van der Waals surface area contributed by atoms with Crippen LogP contribution in [0.3, 0.4) is 0 Å². The third kappa shape index (κ3) is 5.14. The van der Waals surface area contributed by atoms with Gasteiger partial charge >= 0.3 is 0 Å². The monoisotopic (exact) mass is 395 g/mol. The third-order valence-electron chi connectivity index (χ3n) is 4.78. The van der Waals surface area contributed by atoms with Crippen molar-refractivity contribution in [3.8, 4) is 5.75 Å². The highest BCUT2D eigenvalue weighted by atomic mass is 32.1. The quantitative estimate of drug-likeness (QED) is 0.373. The second-order valence-electron chi connectivity index (χ2n) is 7.04. The van der Waals surface area contributed by atoms with Crippen LogP contribution in [-0.4, -0.2) is 12.5 Å². The molecule has 0 spiro atoms. The summed E-state index contributed by atoms with van der Waals surface area (Å²) in [7, 11) is 0. The van der Waals surface area contributed by atoms with Gasteiger partial charge in [0.1, 0.15) is 5.75 Å². The summed E-state index contributed by atoms with van der Waals surface area (Å²) in [4.78, 5) is 13.7. The van der Waals surface area contributed by atoms with E-state index in [9.17, 15) is 4.79 Å². The summed E-state index contributed by atoms with van der Waals surface area (Å²) < 4.78 is 6.95. The number of hydrogen-bond acceptors (Lipinski definition) is 3. The van der Waals surface area contributed by atoms with Crippen LogP contribution in [0.1, 0.15) is 61.2 Å². The predicted octanol–water partition coefficient (Wildman–Crippen LogP) is 7.07. The molecular formula is C24H29NO2S. The first-order chi connectivity index (χ1) is 13.7. The largest absolute Gasteiger partial charge is 0.494 e. The minimum Gasteiger partial charge on any atom is -0.494 e. The number of nitrogens with one attached hydrogen (secondary N) is 1. The molecule has 148 valence electrons. The van der Waals surface area contributed by atoms with Gasteiger partial charge < -0.3 is 10.1 Å². The molecular weight excluding hydrogens is 366 g/mol. The van der Waals surface area contributed by atoms with Gasteiger partial charge in [-0.3, -0.25) is 4.79 Å². The van der Waals surface area contributed by atoms with Crippen molar-refractivity contribution in [3.63, 3.8) is 0 Å². The molecule has 0 atom stereocenters. The van der Waals surface area contributed by atoms with Crippen molar-refractivity contribution in [2.24, 2.45) is 0 Å². The Bertz CT molecular complexity index is 899. The molecule has 0 radical (unpaired) electrons. The van der Waals surface area contributed by atoms with E-state index in [1.165, 1.54) is 29.3 Å². The smallest absolute Gasteiger partial charge is 0.266 e. The number of benzene rings is 2. The zero-order chi connectivity index (χ0) is 19.8. The van der Waals surface area contributed by atoms with Gasteiger partial charge in [0.25, 0.3) is 5.91 Å². The van der Waals surface area contributed by atoms with E-state index in [0.717, 1.165) is 47.7 Å². The molecule has 1 heterocycles. The Balaban J connectivity index is 1.65. The van der Waals surface area contributed by atoms with Crippen molar-refractivity contribution < 1.29 is 9.53 Å². The van der Waals surface area contributed by atoms with Crippen molar-refractivity contribution in [2.45, 2.75) is 52.4 Å². The first kappa shape index (κ1) is 20.4. The standard InChI is InChI=1S/C24H29NO2S/c1-3-5-6-9-17-27-19-15-13-18(14-16-19)25-24(26)23-21(10-4-2)20-11-7-8-12-22(20)28-23/h7-8,11-16H,3-6,9-10,17H2,1-2H3,(H,25,26). The molecule has 0 fully saturated rings. The molecule has 3 aromatic rings. The number of aryl methyl sites for hydroxylation is 1. The fraction of sp³-hybridized carbons (Fsp3) is 0.375. The van der Waals surface area contributed by atoms with Crippen LogP contribution >= 0.6 is 11.3 Å². The van der Waals surface area contributed by atoms with Crippen LogP contribution in [0.25, 0.3) is 10.1 Å². The normalized spacial score (nSPS) is 10.9. The lowest BCUT2D eigenvalue weighted by Crippen LogP contribution is -2.12. The van der Waals surface area contributed by atoms with Gasteiger partial charge in [-0.1, -0.05) is 57.7 Å². The summed E-state index contributed by atoms with van der Waals surface area (Å²) in [6.45, 7) is 5.10. The maximum Gasteiger partial charge on any atom is 0.266 e. The minimum atomic E-state index is -0.0297. The van der Waals surface area contributed by atoms with Crippen LogP contribution in [0.5, 0.6) is 5.75 Å². The van der Waals surface area contributed by atoms with Gasteiger partial charge in [0.15, 0.2) is 0 Å². The summed E-state index contributed by atoms with van der Waals surface area (Å²) in [5.41, 5.74) is 1.95. The number of fused-ring (bicyclic) bond motifs is 1. The molecule has 2 aromatic carbocycles. The van der Waals surface area contributed by atoms with Crippen LogP contribution in [-0.2, 0) is 6.42 Å². The van der Waals surface area contributed by atoms with E-state index in [2.05, 4.69) is 31.3 Å². The fourth-order valence-corrected chi connectivity index (χ4v) is 4.47. The van der Waals surface area contributed by atoms with E-state index in [-0.39, 0.29) is 5.91 Å². The average molecular weight is 396 g/mol. The van der Waals surface area contributed by atoms with Gasteiger partial charge in [-0.25, -0.2) is 0 Å². The molecule has 3 rings (SSSR count). The third-order valence-corrected chi connectivity index (χ3v) is 6.00. The Kier molecular flexibility index (Phi) is 7.49. The number of ether oxygens (including phenoxy) is 1. The average Bonchev–Trinajstić information content (AvgIpc) is 3.08. The second kappa shape index (κ2) is 10.3. The molecule has 0 bridgehead atoms. The van der Waals surface area contributed by atoms with Gasteiger partial charge in [0.2, 0.25) is 0 Å². The SMILES string of the molecule is CCCCCCOc1ccc(NC(=O)c2sc3ccccc3c2CCC)cc1. The molecule has 1 amide bonds. The van der Waals surface area contributed by atoms with Crippen LogP contribution < -0.4 is 10.1 Å². The maximum atomic E-state index is 12.9. The summed E-state index contributed by atoms with van der Waals surface area (Å²) in [5, 5.41) is 4.25. The van der Waals surface area contributed by atoms with Gasteiger partial charge in [-0.2, -0.15) is 0 Å². The highest BCUT2D eigenvalue weighted by Crippen LogP contribution is 2.33. The molecule has 0 aliphatic rings. The molecule has 0 saturated carbocycles. The van der Waals surface area contributed by atoms with E-state index >= 15 is 0 Å². The van der Waals surface area contributed by atoms with Crippen molar-refractivity contribution >= 4 is 33.0 Å². The lowest BCUT2D eigenvalue weighted by Gasteiger charge is -2.09. The van der Waals surface area contributed by atoms with E-state index in [1.54, 1.807) is 11.3 Å². The van der Waals surface area contributed by atoms with Crippen LogP contribution in [0.2, 0.25) is 0 Å². The van der Waals surface area contributed by atoms with Gasteiger partial charge in [-0.15, -0.1) is 11.3 Å². The second-order valence-corrected chi connectivity index (χ2v) is 8.10. The summed E-state index contributed by atoms with van der Waals surface area (Å²) in [5.74, 6) is 0.820. The van der Waals surface area contributed by atoms with Crippen LogP contribution in [0.15, 0.2) is 48.5 Å². The molecule has 0 aliphatic heterocycles. The van der Waals surface area contributed by atoms with E-state index in [4.69, 9.17) is 4.74 Å². The first-order valence-electron chi connectivity index (χ1n) is 10.3. The van der Waals surface area contributed by atoms with Crippen molar-refractivity contribution in [1.29, 1.82) is 0 Å². The van der Waals surface area contributed by atoms with Crippen molar-refractivity contribution in [2.75, 3.05) is 11.9 Å². The van der Waals surface area contributed by atoms with Crippen LogP contribution in [0.4, 0.5) is 5.69 Å². The Hall–Kier alpha value is -2.33. The number of carbonyl (C=O) groups is 1. The van der Waals surface area contributed by atoms with Crippen molar-refractivity contribution in [1.82, 2.24) is 0 Å². The van der Waals surface area contributed by atoms with Gasteiger partial charge in [0, 0.05) is 10.4 Å². The van der Waals surface area contributed by atoms with Gasteiger partial charge in [-0.05, 0) is 54.1 Å². The number of carbonyl (C=O) groups excluding carboxylic acids is 1. The number of unbranched alkanes of at least 4 members (excludes halogenated alkanes) is 3. The number of hydrogen-bond donors (Lipinski definition) is 1. The molecule has 0 aliphatic carbocycles. The van der Waals surface area contributed by atoms with Crippen molar-refractivity contribution in [3.05, 3.63) is 59.0 Å². The summed E-state index contributed by atoms with van der Waals surface area (Å²) in [6, 6.07) is 15.9. The highest BCUT2D eigenvalue weighted by Gasteiger charge is 2.17. The fourth-order valence-electron chi connectivity index (χ4n) is 3.32. The lowest BCUT2D eigenvalue weighted by atomic mass is 10.1. The molecule has 3 nitrogen and oxygen atoms in total. The Labute approximate surface area is 171 Å². The zero-order valence-corrected chi connectivity index (χ0v) is 17.6. The maximum absolute atomic E-state index is 12.9. The van der Waals surface area contributed by atoms with E-state index in [1.807, 2.05) is 36.4 Å². The first-order valence-corrected chi connectivity index (χ1v) is 11.1. The predicted molar refractivity (Wildman–Crippen MR) is 120 cm³/mol. The minimum absolute atomic E-state index is 0.0297. The summed E-state index contributed by atoms with van der Waals surface area (Å²) >= 11 is 1.58. The zero-order valence-electron chi connectivity index (χ0n) is 16.8. The number of thiophene rings is 1. The molecule has 0 saturated heterocycles. The lowest BCUT2D eigenvalue weighted by molar-refractivity contribution is 0.103. The Morgan fingerprint density at radius 3 is 2.50 bits per heavy atom. The van der Waals surface area contributed by atoms with Gasteiger partial charge in [0.05, 0.1) is 11.5 Å².